The molecule has 12 heteroatoms. The minimum atomic E-state index is -1.14. The van der Waals surface area contributed by atoms with Crippen LogP contribution in [0.1, 0.15) is 12.7 Å². The highest BCUT2D eigenvalue weighted by Gasteiger charge is 2.29. The number of nitrogens with zero attached hydrogens (tertiary/aromatic N) is 6. The third-order valence-electron chi connectivity index (χ3n) is 5.17. The zero-order chi connectivity index (χ0) is 22.9. The normalized spacial score (nSPS) is 17.3. The second-order valence-electron chi connectivity index (χ2n) is 8.06. The minimum absolute atomic E-state index is 0.0241. The monoisotopic (exact) mass is 480 g/mol. The van der Waals surface area contributed by atoms with Gasteiger partial charge < -0.3 is 19.6 Å². The predicted octanol–water partition coefficient (Wildman–Crippen LogP) is 3.25. The molecule has 2 aromatic heterocycles. The summed E-state index contributed by atoms with van der Waals surface area (Å²) in [6.45, 7) is 4.96. The van der Waals surface area contributed by atoms with Crippen LogP contribution >= 0.6 is 23.2 Å². The zero-order valence-electron chi connectivity index (χ0n) is 17.3. The van der Waals surface area contributed by atoms with Gasteiger partial charge in [0.15, 0.2) is 0 Å². The summed E-state index contributed by atoms with van der Waals surface area (Å²) in [5, 5.41) is 29.7. The molecule has 1 N–H and O–H groups in total. The number of halogens is 2. The molecule has 0 saturated carbocycles. The van der Waals surface area contributed by atoms with Crippen LogP contribution in [0, 0.1) is 10.1 Å². The van der Waals surface area contributed by atoms with E-state index in [-0.39, 0.29) is 17.6 Å². The lowest BCUT2D eigenvalue weighted by atomic mass is 10.1. The van der Waals surface area contributed by atoms with Crippen molar-refractivity contribution in [3.05, 3.63) is 56.6 Å². The Kier molecular flexibility index (Phi) is 6.38. The summed E-state index contributed by atoms with van der Waals surface area (Å²) < 4.78 is 7.13. The van der Waals surface area contributed by atoms with Crippen LogP contribution < -0.4 is 0 Å². The summed E-state index contributed by atoms with van der Waals surface area (Å²) in [6.07, 6.45) is 2.92. The largest absolute Gasteiger partial charge is 0.455 e. The minimum Gasteiger partial charge on any atom is -0.455 e. The Bertz CT molecular complexity index is 1150. The van der Waals surface area contributed by atoms with E-state index in [1.807, 2.05) is 23.2 Å². The maximum atomic E-state index is 10.9. The van der Waals surface area contributed by atoms with Crippen molar-refractivity contribution < 1.29 is 14.4 Å². The second kappa shape index (κ2) is 9.07. The highest BCUT2D eigenvalue weighted by atomic mass is 35.5. The van der Waals surface area contributed by atoms with E-state index < -0.39 is 10.5 Å². The lowest BCUT2D eigenvalue weighted by Crippen LogP contribution is -2.51. The number of rotatable bonds is 7. The molecule has 1 aromatic carbocycles. The Balaban J connectivity index is 1.30. The lowest BCUT2D eigenvalue weighted by molar-refractivity contribution is -0.389. The number of hydrogen-bond acceptors (Lipinski definition) is 8. The average Bonchev–Trinajstić information content (AvgIpc) is 3.29. The highest BCUT2D eigenvalue weighted by Crippen LogP contribution is 2.23. The van der Waals surface area contributed by atoms with Crippen LogP contribution in [-0.2, 0) is 6.54 Å². The van der Waals surface area contributed by atoms with Crippen molar-refractivity contribution in [2.75, 3.05) is 32.7 Å². The van der Waals surface area contributed by atoms with E-state index in [2.05, 4.69) is 15.0 Å². The quantitative estimate of drug-likeness (QED) is 0.313. The number of furan rings is 1. The van der Waals surface area contributed by atoms with Gasteiger partial charge in [-0.1, -0.05) is 11.6 Å². The summed E-state index contributed by atoms with van der Waals surface area (Å²) in [6, 6.07) is 7.35. The molecular weight excluding hydrogens is 459 g/mol. The number of β-amino-alcohol motifs (C(OH)–C–C–N with tert-alkyl or cyclic N) is 1. The van der Waals surface area contributed by atoms with E-state index in [1.165, 1.54) is 10.8 Å². The van der Waals surface area contributed by atoms with Crippen molar-refractivity contribution in [3.63, 3.8) is 0 Å². The fraction of sp³-hybridized carbons (Fsp3) is 0.400. The number of imidazole rings is 1. The highest BCUT2D eigenvalue weighted by molar-refractivity contribution is 6.31. The molecule has 0 aliphatic carbocycles. The molecular formula is C20H22Cl2N6O4. The summed E-state index contributed by atoms with van der Waals surface area (Å²) in [7, 11) is 0. The average molecular weight is 481 g/mol. The lowest BCUT2D eigenvalue weighted by Gasteiger charge is -2.37. The number of fused-ring (bicyclic) bond motifs is 1. The van der Waals surface area contributed by atoms with Gasteiger partial charge in [-0.2, -0.15) is 5.10 Å². The molecule has 0 spiro atoms. The first-order valence-electron chi connectivity index (χ1n) is 9.98. The summed E-state index contributed by atoms with van der Waals surface area (Å²) in [5.41, 5.74) is -0.384. The van der Waals surface area contributed by atoms with Gasteiger partial charge in [-0.15, -0.1) is 0 Å². The van der Waals surface area contributed by atoms with Gasteiger partial charge in [-0.05, 0) is 52.7 Å². The van der Waals surface area contributed by atoms with Crippen molar-refractivity contribution in [2.24, 2.45) is 5.10 Å². The number of benzene rings is 1. The fourth-order valence-corrected chi connectivity index (χ4v) is 4.10. The number of piperazine rings is 1. The van der Waals surface area contributed by atoms with Gasteiger partial charge in [0.25, 0.3) is 0 Å². The first-order valence-corrected chi connectivity index (χ1v) is 10.7. The van der Waals surface area contributed by atoms with Crippen LogP contribution in [0.4, 0.5) is 5.82 Å². The van der Waals surface area contributed by atoms with E-state index >= 15 is 0 Å². The van der Waals surface area contributed by atoms with Gasteiger partial charge in [-0.25, -0.2) is 0 Å². The molecule has 10 nitrogen and oxygen atoms in total. The van der Waals surface area contributed by atoms with Crippen LogP contribution in [-0.4, -0.2) is 74.0 Å². The standard InChI is InChI=1S/C20H22Cl2N6O4/c1-20(29,13-26-11-18(28(30)31)24-19(26)22)12-25-4-6-27(7-5-25)23-10-16-9-14-8-15(21)2-3-17(14)32-16/h2-3,8-11,29H,4-7,12-13H2,1H3. The summed E-state index contributed by atoms with van der Waals surface area (Å²) in [5.74, 6) is 0.309. The number of hydrogen-bond donors (Lipinski definition) is 1. The van der Waals surface area contributed by atoms with Crippen LogP contribution in [0.25, 0.3) is 11.0 Å². The van der Waals surface area contributed by atoms with Gasteiger partial charge >= 0.3 is 11.1 Å². The zero-order valence-corrected chi connectivity index (χ0v) is 18.8. The molecule has 1 fully saturated rings. The molecule has 170 valence electrons. The Hall–Kier alpha value is -2.66. The SMILES string of the molecule is CC(O)(CN1CCN(N=Cc2cc3cc(Cl)ccc3o2)CC1)Cn1cc([N+](=O)[O-])nc1Cl. The molecule has 4 rings (SSSR count). The molecule has 1 atom stereocenters. The maximum absolute atomic E-state index is 10.9. The fourth-order valence-electron chi connectivity index (χ4n) is 3.73. The molecule has 1 unspecified atom stereocenters. The van der Waals surface area contributed by atoms with E-state index in [4.69, 9.17) is 27.6 Å². The van der Waals surface area contributed by atoms with Gasteiger partial charge in [0.1, 0.15) is 17.5 Å². The molecule has 3 aromatic rings. The number of aromatic nitrogens is 2. The topological polar surface area (TPSA) is 113 Å². The summed E-state index contributed by atoms with van der Waals surface area (Å²) >= 11 is 12.0. The van der Waals surface area contributed by atoms with Crippen molar-refractivity contribution in [1.82, 2.24) is 19.5 Å². The smallest absolute Gasteiger partial charge is 0.383 e. The molecule has 1 aliphatic heterocycles. The van der Waals surface area contributed by atoms with Crippen molar-refractivity contribution in [1.29, 1.82) is 0 Å². The van der Waals surface area contributed by atoms with Gasteiger partial charge in [-0.3, -0.25) is 14.5 Å². The van der Waals surface area contributed by atoms with Gasteiger partial charge in [0, 0.05) is 43.1 Å². The predicted molar refractivity (Wildman–Crippen MR) is 121 cm³/mol. The molecule has 3 heterocycles. The first-order chi connectivity index (χ1) is 15.2. The molecule has 32 heavy (non-hydrogen) atoms. The van der Waals surface area contributed by atoms with Crippen LogP contribution in [0.2, 0.25) is 10.3 Å². The number of hydrazone groups is 1. The van der Waals surface area contributed by atoms with Gasteiger partial charge in [0.2, 0.25) is 0 Å². The van der Waals surface area contributed by atoms with Gasteiger partial charge in [0.05, 0.1) is 18.4 Å². The Morgan fingerprint density at radius 1 is 1.28 bits per heavy atom. The van der Waals surface area contributed by atoms with Crippen molar-refractivity contribution >= 4 is 46.2 Å². The first kappa shape index (κ1) is 22.5. The van der Waals surface area contributed by atoms with Crippen LogP contribution in [0.15, 0.2) is 40.0 Å². The molecule has 1 saturated heterocycles. The Labute approximate surface area is 193 Å². The van der Waals surface area contributed by atoms with Crippen LogP contribution in [0.3, 0.4) is 0 Å². The molecule has 0 amide bonds. The molecule has 0 radical (unpaired) electrons. The van der Waals surface area contributed by atoms with E-state index in [0.29, 0.717) is 43.5 Å². The third-order valence-corrected chi connectivity index (χ3v) is 5.71. The Morgan fingerprint density at radius 2 is 2.03 bits per heavy atom. The van der Waals surface area contributed by atoms with Crippen molar-refractivity contribution in [3.8, 4) is 0 Å². The van der Waals surface area contributed by atoms with E-state index in [9.17, 15) is 15.2 Å². The maximum Gasteiger partial charge on any atom is 0.383 e. The third kappa shape index (κ3) is 5.39. The number of aliphatic hydroxyl groups is 1. The van der Waals surface area contributed by atoms with Crippen molar-refractivity contribution in [2.45, 2.75) is 19.1 Å². The van der Waals surface area contributed by atoms with E-state index in [1.54, 1.807) is 19.2 Å². The van der Waals surface area contributed by atoms with Crippen LogP contribution in [0.5, 0.6) is 0 Å². The Morgan fingerprint density at radius 3 is 2.72 bits per heavy atom. The van der Waals surface area contributed by atoms with E-state index in [0.717, 1.165) is 11.0 Å². The molecule has 1 aliphatic rings. The molecule has 0 bridgehead atoms. The number of nitro groups is 1. The second-order valence-corrected chi connectivity index (χ2v) is 8.83. The summed E-state index contributed by atoms with van der Waals surface area (Å²) in [4.78, 5) is 16.0.